The number of hydrogen-bond donors (Lipinski definition) is 2. The Morgan fingerprint density at radius 1 is 1.32 bits per heavy atom. The summed E-state index contributed by atoms with van der Waals surface area (Å²) in [7, 11) is -3.55. The van der Waals surface area contributed by atoms with Crippen molar-refractivity contribution in [3.05, 3.63) is 24.3 Å². The van der Waals surface area contributed by atoms with Crippen LogP contribution in [0.3, 0.4) is 0 Å². The first kappa shape index (κ1) is 15.5. The van der Waals surface area contributed by atoms with Gasteiger partial charge in [-0.1, -0.05) is 0 Å². The van der Waals surface area contributed by atoms with Gasteiger partial charge in [-0.3, -0.25) is 4.79 Å². The molecule has 0 saturated heterocycles. The Balaban J connectivity index is 2.57. The summed E-state index contributed by atoms with van der Waals surface area (Å²) in [5.41, 5.74) is 0.493. The number of hydrogen-bond acceptors (Lipinski definition) is 5. The predicted molar refractivity (Wildman–Crippen MR) is 72.0 cm³/mol. The molecular weight excluding hydrogens is 270 g/mol. The Kier molecular flexibility index (Phi) is 5.78. The minimum absolute atomic E-state index is 0.413. The molecule has 1 rings (SSSR count). The zero-order valence-corrected chi connectivity index (χ0v) is 11.4. The van der Waals surface area contributed by atoms with Gasteiger partial charge in [-0.15, -0.1) is 0 Å². The van der Waals surface area contributed by atoms with E-state index >= 15 is 0 Å². The van der Waals surface area contributed by atoms with Gasteiger partial charge in [0.2, 0.25) is 5.91 Å². The van der Waals surface area contributed by atoms with Crippen LogP contribution in [0.1, 0.15) is 6.92 Å². The molecule has 0 heterocycles. The van der Waals surface area contributed by atoms with Crippen molar-refractivity contribution in [2.24, 2.45) is 0 Å². The summed E-state index contributed by atoms with van der Waals surface area (Å²) in [5.74, 6) is -1.00. The van der Waals surface area contributed by atoms with E-state index in [0.29, 0.717) is 18.0 Å². The van der Waals surface area contributed by atoms with Crippen LogP contribution < -0.4 is 10.1 Å². The monoisotopic (exact) mass is 287 g/mol. The largest absolute Gasteiger partial charge is 0.494 e. The first-order valence-electron chi connectivity index (χ1n) is 5.81. The summed E-state index contributed by atoms with van der Waals surface area (Å²) in [6.07, 6.45) is 0. The van der Waals surface area contributed by atoms with Crippen molar-refractivity contribution >= 4 is 21.4 Å². The van der Waals surface area contributed by atoms with E-state index < -0.39 is 33.9 Å². The summed E-state index contributed by atoms with van der Waals surface area (Å²) < 4.78 is 27.9. The minimum Gasteiger partial charge on any atom is -0.494 e. The average Bonchev–Trinajstić information content (AvgIpc) is 2.31. The Morgan fingerprint density at radius 2 is 1.95 bits per heavy atom. The molecule has 0 spiro atoms. The molecule has 0 saturated carbocycles. The van der Waals surface area contributed by atoms with Gasteiger partial charge in [0.05, 0.1) is 19.0 Å². The highest BCUT2D eigenvalue weighted by atomic mass is 32.2. The fraction of sp³-hybridized carbons (Fsp3) is 0.417. The Labute approximate surface area is 112 Å². The van der Waals surface area contributed by atoms with E-state index in [-0.39, 0.29) is 0 Å². The van der Waals surface area contributed by atoms with E-state index in [9.17, 15) is 13.2 Å². The van der Waals surface area contributed by atoms with Crippen LogP contribution in [0.4, 0.5) is 5.69 Å². The zero-order chi connectivity index (χ0) is 14.3. The van der Waals surface area contributed by atoms with Crippen LogP contribution in [0.15, 0.2) is 24.3 Å². The maximum absolute atomic E-state index is 11.5. The average molecular weight is 287 g/mol. The second-order valence-corrected chi connectivity index (χ2v) is 6.01. The van der Waals surface area contributed by atoms with Crippen LogP contribution >= 0.6 is 0 Å². The molecule has 0 aliphatic rings. The SMILES string of the molecule is CCOc1ccc(NC(=O)CS(=O)(=O)CCO)cc1. The molecule has 0 bridgehead atoms. The highest BCUT2D eigenvalue weighted by molar-refractivity contribution is 7.92. The quantitative estimate of drug-likeness (QED) is 0.758. The summed E-state index contributed by atoms with van der Waals surface area (Å²) in [4.78, 5) is 11.5. The molecule has 0 unspecified atom stereocenters. The molecule has 106 valence electrons. The summed E-state index contributed by atoms with van der Waals surface area (Å²) in [5, 5.41) is 11.0. The molecule has 0 aliphatic heterocycles. The number of aliphatic hydroxyl groups excluding tert-OH is 1. The van der Waals surface area contributed by atoms with Gasteiger partial charge in [0, 0.05) is 5.69 Å². The number of amides is 1. The molecule has 0 atom stereocenters. The normalized spacial score (nSPS) is 11.1. The maximum Gasteiger partial charge on any atom is 0.239 e. The summed E-state index contributed by atoms with van der Waals surface area (Å²) in [6.45, 7) is 1.92. The lowest BCUT2D eigenvalue weighted by Gasteiger charge is -2.07. The number of ether oxygens (including phenoxy) is 1. The first-order valence-corrected chi connectivity index (χ1v) is 7.63. The lowest BCUT2D eigenvalue weighted by molar-refractivity contribution is -0.113. The molecule has 1 aromatic rings. The van der Waals surface area contributed by atoms with Crippen molar-refractivity contribution < 1.29 is 23.1 Å². The third kappa shape index (κ3) is 5.71. The molecule has 19 heavy (non-hydrogen) atoms. The molecule has 0 aliphatic carbocycles. The molecule has 6 nitrogen and oxygen atoms in total. The number of sulfone groups is 1. The van der Waals surface area contributed by atoms with Crippen molar-refractivity contribution in [1.82, 2.24) is 0 Å². The van der Waals surface area contributed by atoms with Gasteiger partial charge < -0.3 is 15.2 Å². The lowest BCUT2D eigenvalue weighted by Crippen LogP contribution is -2.25. The van der Waals surface area contributed by atoms with E-state index in [0.717, 1.165) is 0 Å². The smallest absolute Gasteiger partial charge is 0.239 e. The molecule has 7 heteroatoms. The fourth-order valence-electron chi connectivity index (χ4n) is 1.41. The van der Waals surface area contributed by atoms with E-state index in [4.69, 9.17) is 9.84 Å². The van der Waals surface area contributed by atoms with E-state index in [1.165, 1.54) is 0 Å². The minimum atomic E-state index is -3.55. The number of anilines is 1. The molecule has 0 fully saturated rings. The number of benzene rings is 1. The number of carbonyl (C=O) groups is 1. The van der Waals surface area contributed by atoms with Crippen molar-refractivity contribution in [3.63, 3.8) is 0 Å². The van der Waals surface area contributed by atoms with Gasteiger partial charge in [-0.2, -0.15) is 0 Å². The second-order valence-electron chi connectivity index (χ2n) is 3.82. The Morgan fingerprint density at radius 3 is 2.47 bits per heavy atom. The number of nitrogens with one attached hydrogen (secondary N) is 1. The van der Waals surface area contributed by atoms with Crippen molar-refractivity contribution in [3.8, 4) is 5.75 Å². The summed E-state index contributed by atoms with van der Waals surface area (Å²) >= 11 is 0. The van der Waals surface area contributed by atoms with Crippen LogP contribution in [-0.4, -0.2) is 44.2 Å². The zero-order valence-electron chi connectivity index (χ0n) is 10.6. The molecule has 1 aromatic carbocycles. The van der Waals surface area contributed by atoms with Gasteiger partial charge in [0.1, 0.15) is 11.5 Å². The second kappa shape index (κ2) is 7.10. The summed E-state index contributed by atoms with van der Waals surface area (Å²) in [6, 6.07) is 6.62. The van der Waals surface area contributed by atoms with Crippen LogP contribution in [0.25, 0.3) is 0 Å². The number of rotatable bonds is 7. The third-order valence-corrected chi connectivity index (χ3v) is 3.71. The molecule has 0 aromatic heterocycles. The van der Waals surface area contributed by atoms with Gasteiger partial charge in [0.25, 0.3) is 0 Å². The third-order valence-electron chi connectivity index (χ3n) is 2.20. The molecule has 0 radical (unpaired) electrons. The predicted octanol–water partition coefficient (Wildman–Crippen LogP) is 0.431. The maximum atomic E-state index is 11.5. The Hall–Kier alpha value is -1.60. The van der Waals surface area contributed by atoms with Gasteiger partial charge in [-0.05, 0) is 31.2 Å². The van der Waals surface area contributed by atoms with Crippen molar-refractivity contribution in [2.45, 2.75) is 6.92 Å². The van der Waals surface area contributed by atoms with Crippen LogP contribution in [0.5, 0.6) is 5.75 Å². The highest BCUT2D eigenvalue weighted by Crippen LogP contribution is 2.15. The molecule has 1 amide bonds. The van der Waals surface area contributed by atoms with Crippen LogP contribution in [-0.2, 0) is 14.6 Å². The van der Waals surface area contributed by atoms with Crippen LogP contribution in [0, 0.1) is 0 Å². The topological polar surface area (TPSA) is 92.7 Å². The molecular formula is C12H17NO5S. The van der Waals surface area contributed by atoms with E-state index in [1.54, 1.807) is 24.3 Å². The van der Waals surface area contributed by atoms with E-state index in [1.807, 2.05) is 6.92 Å². The van der Waals surface area contributed by atoms with Crippen molar-refractivity contribution in [1.29, 1.82) is 0 Å². The lowest BCUT2D eigenvalue weighted by atomic mass is 10.3. The van der Waals surface area contributed by atoms with Gasteiger partial charge in [0.15, 0.2) is 9.84 Å². The molecule has 2 N–H and O–H groups in total. The number of aliphatic hydroxyl groups is 1. The highest BCUT2D eigenvalue weighted by Gasteiger charge is 2.16. The van der Waals surface area contributed by atoms with Gasteiger partial charge >= 0.3 is 0 Å². The number of carbonyl (C=O) groups excluding carboxylic acids is 1. The first-order chi connectivity index (χ1) is 8.96. The fourth-order valence-corrected chi connectivity index (χ4v) is 2.30. The van der Waals surface area contributed by atoms with Crippen LogP contribution in [0.2, 0.25) is 0 Å². The van der Waals surface area contributed by atoms with Crippen molar-refractivity contribution in [2.75, 3.05) is 30.0 Å². The van der Waals surface area contributed by atoms with E-state index in [2.05, 4.69) is 5.32 Å². The standard InChI is InChI=1S/C12H17NO5S/c1-2-18-11-5-3-10(4-6-11)13-12(15)9-19(16,17)8-7-14/h3-6,14H,2,7-9H2,1H3,(H,13,15). The van der Waals surface area contributed by atoms with Gasteiger partial charge in [-0.25, -0.2) is 8.42 Å². The Bertz CT molecular complexity index is 509.